The molecule has 2 rings (SSSR count). The number of aromatic nitrogens is 2. The van der Waals surface area contributed by atoms with E-state index in [0.717, 1.165) is 18.5 Å². The van der Waals surface area contributed by atoms with Crippen molar-refractivity contribution in [3.05, 3.63) is 46.2 Å². The molecule has 1 heterocycles. The molecule has 2 aromatic rings. The van der Waals surface area contributed by atoms with Crippen LogP contribution < -0.4 is 11.1 Å². The minimum Gasteiger partial charge on any atom is -0.399 e. The van der Waals surface area contributed by atoms with Crippen molar-refractivity contribution < 1.29 is 4.79 Å². The lowest BCUT2D eigenvalue weighted by Crippen LogP contribution is -2.25. The molecular formula is C14H17ClN4O. The molecule has 0 bridgehead atoms. The summed E-state index contributed by atoms with van der Waals surface area (Å²) in [5.41, 5.74) is 8.81. The van der Waals surface area contributed by atoms with Gasteiger partial charge in [0.15, 0.2) is 0 Å². The number of aromatic amines is 1. The summed E-state index contributed by atoms with van der Waals surface area (Å²) in [5, 5.41) is 10.1. The molecular weight excluding hydrogens is 276 g/mol. The van der Waals surface area contributed by atoms with Crippen LogP contribution in [0, 0.1) is 6.92 Å². The van der Waals surface area contributed by atoms with Crippen LogP contribution in [0.25, 0.3) is 0 Å². The standard InChI is InChI=1S/C14H17ClN4O/c1-9-10(8-18-19-9)3-2-6-17-14(20)12-7-11(16)4-5-13(12)15/h4-5,7-8H,2-3,6,16H2,1H3,(H,17,20)(H,18,19). The Morgan fingerprint density at radius 1 is 1.50 bits per heavy atom. The lowest BCUT2D eigenvalue weighted by Gasteiger charge is -2.07. The fourth-order valence-corrected chi connectivity index (χ4v) is 2.12. The molecule has 0 fully saturated rings. The minimum atomic E-state index is -0.203. The van der Waals surface area contributed by atoms with E-state index < -0.39 is 0 Å². The zero-order chi connectivity index (χ0) is 14.5. The molecule has 1 aromatic carbocycles. The first-order valence-corrected chi connectivity index (χ1v) is 6.78. The molecule has 0 saturated carbocycles. The predicted molar refractivity (Wildman–Crippen MR) is 79.8 cm³/mol. The monoisotopic (exact) mass is 292 g/mol. The number of hydrogen-bond donors (Lipinski definition) is 3. The van der Waals surface area contributed by atoms with Gasteiger partial charge < -0.3 is 11.1 Å². The smallest absolute Gasteiger partial charge is 0.252 e. The summed E-state index contributed by atoms with van der Waals surface area (Å²) in [4.78, 5) is 12.0. The lowest BCUT2D eigenvalue weighted by molar-refractivity contribution is 0.0953. The third-order valence-corrected chi connectivity index (χ3v) is 3.41. The van der Waals surface area contributed by atoms with Gasteiger partial charge in [0.05, 0.1) is 16.8 Å². The molecule has 0 unspecified atom stereocenters. The van der Waals surface area contributed by atoms with Crippen LogP contribution in [0.2, 0.25) is 5.02 Å². The maximum absolute atomic E-state index is 12.0. The molecule has 0 aliphatic rings. The van der Waals surface area contributed by atoms with Gasteiger partial charge in [-0.2, -0.15) is 5.10 Å². The summed E-state index contributed by atoms with van der Waals surface area (Å²) in [6, 6.07) is 4.87. The fourth-order valence-electron chi connectivity index (χ4n) is 1.92. The van der Waals surface area contributed by atoms with Crippen molar-refractivity contribution in [1.29, 1.82) is 0 Å². The van der Waals surface area contributed by atoms with Crippen molar-refractivity contribution in [3.8, 4) is 0 Å². The quantitative estimate of drug-likeness (QED) is 0.584. The number of nitrogens with zero attached hydrogens (tertiary/aromatic N) is 1. The van der Waals surface area contributed by atoms with E-state index in [1.54, 1.807) is 18.2 Å². The Morgan fingerprint density at radius 3 is 3.00 bits per heavy atom. The fraction of sp³-hybridized carbons (Fsp3) is 0.286. The first kappa shape index (κ1) is 14.4. The topological polar surface area (TPSA) is 83.8 Å². The number of benzene rings is 1. The van der Waals surface area contributed by atoms with Gasteiger partial charge in [-0.05, 0) is 43.5 Å². The zero-order valence-electron chi connectivity index (χ0n) is 11.2. The van der Waals surface area contributed by atoms with E-state index in [1.807, 2.05) is 13.1 Å². The van der Waals surface area contributed by atoms with E-state index in [4.69, 9.17) is 17.3 Å². The maximum atomic E-state index is 12.0. The van der Waals surface area contributed by atoms with Crippen LogP contribution in [-0.2, 0) is 6.42 Å². The highest BCUT2D eigenvalue weighted by Crippen LogP contribution is 2.18. The predicted octanol–water partition coefficient (Wildman–Crippen LogP) is 2.32. The molecule has 4 N–H and O–H groups in total. The highest BCUT2D eigenvalue weighted by atomic mass is 35.5. The number of anilines is 1. The first-order valence-electron chi connectivity index (χ1n) is 6.40. The SMILES string of the molecule is Cc1[nH]ncc1CCCNC(=O)c1cc(N)ccc1Cl. The highest BCUT2D eigenvalue weighted by Gasteiger charge is 2.10. The van der Waals surface area contributed by atoms with Crippen LogP contribution in [0.5, 0.6) is 0 Å². The maximum Gasteiger partial charge on any atom is 0.252 e. The van der Waals surface area contributed by atoms with E-state index in [0.29, 0.717) is 22.8 Å². The molecule has 0 saturated heterocycles. The van der Waals surface area contributed by atoms with Crippen LogP contribution in [0.15, 0.2) is 24.4 Å². The van der Waals surface area contributed by atoms with E-state index in [9.17, 15) is 4.79 Å². The molecule has 1 aromatic heterocycles. The van der Waals surface area contributed by atoms with Crippen molar-refractivity contribution in [2.75, 3.05) is 12.3 Å². The van der Waals surface area contributed by atoms with Gasteiger partial charge in [0, 0.05) is 17.9 Å². The van der Waals surface area contributed by atoms with Gasteiger partial charge in [-0.15, -0.1) is 0 Å². The molecule has 1 amide bonds. The number of nitrogen functional groups attached to an aromatic ring is 1. The Labute approximate surface area is 122 Å². The number of nitrogens with two attached hydrogens (primary N) is 1. The van der Waals surface area contributed by atoms with Gasteiger partial charge in [-0.1, -0.05) is 11.6 Å². The number of aryl methyl sites for hydroxylation is 2. The molecule has 0 aliphatic heterocycles. The van der Waals surface area contributed by atoms with Crippen molar-refractivity contribution in [3.63, 3.8) is 0 Å². The number of halogens is 1. The molecule has 0 atom stereocenters. The third-order valence-electron chi connectivity index (χ3n) is 3.08. The molecule has 6 heteroatoms. The summed E-state index contributed by atoms with van der Waals surface area (Å²) in [7, 11) is 0. The highest BCUT2D eigenvalue weighted by molar-refractivity contribution is 6.34. The Bertz CT molecular complexity index is 609. The van der Waals surface area contributed by atoms with Crippen LogP contribution in [-0.4, -0.2) is 22.6 Å². The lowest BCUT2D eigenvalue weighted by atomic mass is 10.1. The number of nitrogens with one attached hydrogen (secondary N) is 2. The Balaban J connectivity index is 1.83. The first-order chi connectivity index (χ1) is 9.58. The Kier molecular flexibility index (Phi) is 4.63. The molecule has 106 valence electrons. The average Bonchev–Trinajstić information content (AvgIpc) is 2.83. The molecule has 0 aliphatic carbocycles. The summed E-state index contributed by atoms with van der Waals surface area (Å²) >= 11 is 5.98. The van der Waals surface area contributed by atoms with Crippen molar-refractivity contribution in [2.45, 2.75) is 19.8 Å². The number of carbonyl (C=O) groups is 1. The van der Waals surface area contributed by atoms with Crippen LogP contribution in [0.4, 0.5) is 5.69 Å². The van der Waals surface area contributed by atoms with Gasteiger partial charge in [-0.25, -0.2) is 0 Å². The molecule has 20 heavy (non-hydrogen) atoms. The number of H-pyrrole nitrogens is 1. The van der Waals surface area contributed by atoms with Gasteiger partial charge in [0.1, 0.15) is 0 Å². The number of amides is 1. The van der Waals surface area contributed by atoms with Crippen LogP contribution in [0.3, 0.4) is 0 Å². The van der Waals surface area contributed by atoms with E-state index in [-0.39, 0.29) is 5.91 Å². The van der Waals surface area contributed by atoms with Gasteiger partial charge in [-0.3, -0.25) is 9.89 Å². The minimum absolute atomic E-state index is 0.203. The largest absolute Gasteiger partial charge is 0.399 e. The number of rotatable bonds is 5. The van der Waals surface area contributed by atoms with Crippen LogP contribution in [0.1, 0.15) is 28.0 Å². The summed E-state index contributed by atoms with van der Waals surface area (Å²) < 4.78 is 0. The molecule has 0 radical (unpaired) electrons. The Hall–Kier alpha value is -2.01. The average molecular weight is 293 g/mol. The van der Waals surface area contributed by atoms with Crippen molar-refractivity contribution in [2.24, 2.45) is 0 Å². The van der Waals surface area contributed by atoms with Gasteiger partial charge >= 0.3 is 0 Å². The van der Waals surface area contributed by atoms with Crippen molar-refractivity contribution >= 4 is 23.2 Å². The Morgan fingerprint density at radius 2 is 2.30 bits per heavy atom. The number of carbonyl (C=O) groups excluding carboxylic acids is 1. The molecule has 0 spiro atoms. The second-order valence-corrected chi connectivity index (χ2v) is 5.03. The molecule has 5 nitrogen and oxygen atoms in total. The zero-order valence-corrected chi connectivity index (χ0v) is 12.0. The second-order valence-electron chi connectivity index (χ2n) is 4.62. The van der Waals surface area contributed by atoms with Crippen molar-refractivity contribution in [1.82, 2.24) is 15.5 Å². The van der Waals surface area contributed by atoms with E-state index in [2.05, 4.69) is 15.5 Å². The third kappa shape index (κ3) is 3.51. The second kappa shape index (κ2) is 6.43. The summed E-state index contributed by atoms with van der Waals surface area (Å²) in [6.07, 6.45) is 3.52. The van der Waals surface area contributed by atoms with Crippen LogP contribution >= 0.6 is 11.6 Å². The van der Waals surface area contributed by atoms with Gasteiger partial charge in [0.25, 0.3) is 5.91 Å². The summed E-state index contributed by atoms with van der Waals surface area (Å²) in [5.74, 6) is -0.203. The van der Waals surface area contributed by atoms with E-state index in [1.165, 1.54) is 5.56 Å². The van der Waals surface area contributed by atoms with E-state index >= 15 is 0 Å². The summed E-state index contributed by atoms with van der Waals surface area (Å²) in [6.45, 7) is 2.56. The number of hydrogen-bond acceptors (Lipinski definition) is 3. The normalized spacial score (nSPS) is 10.5. The van der Waals surface area contributed by atoms with Gasteiger partial charge in [0.2, 0.25) is 0 Å².